The van der Waals surface area contributed by atoms with E-state index in [1.54, 1.807) is 7.11 Å². The van der Waals surface area contributed by atoms with Crippen LogP contribution >= 0.6 is 11.6 Å². The van der Waals surface area contributed by atoms with Crippen LogP contribution in [-0.2, 0) is 6.42 Å². The highest BCUT2D eigenvalue weighted by Crippen LogP contribution is 2.29. The van der Waals surface area contributed by atoms with Gasteiger partial charge in [-0.1, -0.05) is 41.9 Å². The van der Waals surface area contributed by atoms with Gasteiger partial charge in [-0.3, -0.25) is 0 Å². The second kappa shape index (κ2) is 6.78. The number of aryl methyl sites for hydroxylation is 1. The molecule has 106 valence electrons. The molecule has 1 N–H and O–H groups in total. The topological polar surface area (TPSA) is 21.3 Å². The lowest BCUT2D eigenvalue weighted by Crippen LogP contribution is -2.19. The number of nitrogens with one attached hydrogen (secondary N) is 1. The number of hydrogen-bond acceptors (Lipinski definition) is 2. The molecular formula is C17H20ClNO. The van der Waals surface area contributed by atoms with E-state index < -0.39 is 0 Å². The molecule has 2 aromatic carbocycles. The van der Waals surface area contributed by atoms with E-state index in [0.717, 1.165) is 22.8 Å². The van der Waals surface area contributed by atoms with Crippen molar-refractivity contribution < 1.29 is 4.74 Å². The van der Waals surface area contributed by atoms with E-state index in [9.17, 15) is 0 Å². The summed E-state index contributed by atoms with van der Waals surface area (Å²) in [5.41, 5.74) is 3.73. The van der Waals surface area contributed by atoms with Crippen molar-refractivity contribution in [3.8, 4) is 5.75 Å². The number of ether oxygens (including phenoxy) is 1. The zero-order valence-corrected chi connectivity index (χ0v) is 12.9. The second-order valence-electron chi connectivity index (χ2n) is 4.86. The Morgan fingerprint density at radius 1 is 1.20 bits per heavy atom. The van der Waals surface area contributed by atoms with Crippen molar-refractivity contribution in [2.75, 3.05) is 14.2 Å². The van der Waals surface area contributed by atoms with Crippen LogP contribution in [0.5, 0.6) is 5.75 Å². The van der Waals surface area contributed by atoms with Crippen LogP contribution in [0.25, 0.3) is 0 Å². The zero-order valence-electron chi connectivity index (χ0n) is 12.1. The third-order valence-corrected chi connectivity index (χ3v) is 3.94. The van der Waals surface area contributed by atoms with E-state index >= 15 is 0 Å². The average molecular weight is 290 g/mol. The fraction of sp³-hybridized carbons (Fsp3) is 0.294. The molecule has 0 fully saturated rings. The Morgan fingerprint density at radius 3 is 2.55 bits per heavy atom. The highest BCUT2D eigenvalue weighted by atomic mass is 35.5. The summed E-state index contributed by atoms with van der Waals surface area (Å²) >= 11 is 6.37. The first-order valence-electron chi connectivity index (χ1n) is 6.71. The van der Waals surface area contributed by atoms with Crippen molar-refractivity contribution >= 4 is 11.6 Å². The smallest absolute Gasteiger partial charge is 0.120 e. The molecule has 0 radical (unpaired) electrons. The van der Waals surface area contributed by atoms with Gasteiger partial charge in [-0.2, -0.15) is 0 Å². The van der Waals surface area contributed by atoms with Crippen molar-refractivity contribution in [3.63, 3.8) is 0 Å². The number of methoxy groups -OCH3 is 1. The fourth-order valence-corrected chi connectivity index (χ4v) is 2.65. The van der Waals surface area contributed by atoms with Gasteiger partial charge >= 0.3 is 0 Å². The van der Waals surface area contributed by atoms with Crippen LogP contribution in [0.3, 0.4) is 0 Å². The van der Waals surface area contributed by atoms with Gasteiger partial charge in [-0.25, -0.2) is 0 Å². The summed E-state index contributed by atoms with van der Waals surface area (Å²) in [5, 5.41) is 4.08. The second-order valence-corrected chi connectivity index (χ2v) is 5.27. The Bertz CT molecular complexity index is 583. The molecule has 0 saturated heterocycles. The molecule has 0 aliphatic rings. The summed E-state index contributed by atoms with van der Waals surface area (Å²) in [6.45, 7) is 2.14. The molecule has 2 aromatic rings. The number of benzene rings is 2. The molecule has 0 aliphatic carbocycles. The van der Waals surface area contributed by atoms with Crippen LogP contribution in [0.1, 0.15) is 22.7 Å². The van der Waals surface area contributed by atoms with Gasteiger partial charge < -0.3 is 10.1 Å². The van der Waals surface area contributed by atoms with Crippen LogP contribution in [-0.4, -0.2) is 14.2 Å². The maximum Gasteiger partial charge on any atom is 0.120 e. The fourth-order valence-electron chi connectivity index (χ4n) is 2.34. The summed E-state index contributed by atoms with van der Waals surface area (Å²) in [6, 6.07) is 14.5. The Kier molecular flexibility index (Phi) is 5.05. The monoisotopic (exact) mass is 289 g/mol. The lowest BCUT2D eigenvalue weighted by molar-refractivity contribution is 0.414. The normalized spacial score (nSPS) is 12.2. The van der Waals surface area contributed by atoms with E-state index in [4.69, 9.17) is 16.3 Å². The number of likely N-dealkylation sites (N-methyl/N-ethyl adjacent to an activating group) is 1. The van der Waals surface area contributed by atoms with E-state index in [-0.39, 0.29) is 6.04 Å². The Labute approximate surface area is 125 Å². The number of rotatable bonds is 5. The standard InChI is InChI=1S/C17H20ClNO/c1-12-6-4-5-7-13(12)10-17(19-2)15-9-8-14(20-3)11-16(15)18/h4-9,11,17,19H,10H2,1-3H3. The first-order valence-corrected chi connectivity index (χ1v) is 7.08. The predicted molar refractivity (Wildman–Crippen MR) is 84.7 cm³/mol. The molecule has 0 saturated carbocycles. The average Bonchev–Trinajstić information content (AvgIpc) is 2.47. The summed E-state index contributed by atoms with van der Waals surface area (Å²) in [6.07, 6.45) is 0.912. The molecule has 20 heavy (non-hydrogen) atoms. The van der Waals surface area contributed by atoms with Crippen molar-refractivity contribution in [2.45, 2.75) is 19.4 Å². The van der Waals surface area contributed by atoms with Gasteiger partial charge in [0.2, 0.25) is 0 Å². The SMILES string of the molecule is CNC(Cc1ccccc1C)c1ccc(OC)cc1Cl. The van der Waals surface area contributed by atoms with Crippen molar-refractivity contribution in [3.05, 3.63) is 64.2 Å². The van der Waals surface area contributed by atoms with Gasteiger partial charge in [0.25, 0.3) is 0 Å². The van der Waals surface area contributed by atoms with E-state index in [1.807, 2.05) is 25.2 Å². The largest absolute Gasteiger partial charge is 0.497 e. The lowest BCUT2D eigenvalue weighted by atomic mass is 9.96. The highest BCUT2D eigenvalue weighted by Gasteiger charge is 2.15. The number of halogens is 1. The first-order chi connectivity index (χ1) is 9.65. The summed E-state index contributed by atoms with van der Waals surface area (Å²) < 4.78 is 5.20. The van der Waals surface area contributed by atoms with Gasteiger partial charge in [-0.05, 0) is 49.2 Å². The molecular weight excluding hydrogens is 270 g/mol. The van der Waals surface area contributed by atoms with E-state index in [2.05, 4.69) is 36.5 Å². The molecule has 0 aliphatic heterocycles. The third-order valence-electron chi connectivity index (χ3n) is 3.62. The highest BCUT2D eigenvalue weighted by molar-refractivity contribution is 6.31. The maximum absolute atomic E-state index is 6.37. The van der Waals surface area contributed by atoms with Crippen LogP contribution in [0.4, 0.5) is 0 Å². The molecule has 1 unspecified atom stereocenters. The van der Waals surface area contributed by atoms with Gasteiger partial charge in [0.05, 0.1) is 7.11 Å². The minimum atomic E-state index is 0.189. The van der Waals surface area contributed by atoms with Crippen LogP contribution in [0, 0.1) is 6.92 Å². The van der Waals surface area contributed by atoms with Crippen molar-refractivity contribution in [2.24, 2.45) is 0 Å². The molecule has 0 aromatic heterocycles. The first kappa shape index (κ1) is 14.9. The molecule has 0 bridgehead atoms. The third kappa shape index (κ3) is 3.33. The van der Waals surface area contributed by atoms with Crippen LogP contribution < -0.4 is 10.1 Å². The van der Waals surface area contributed by atoms with Gasteiger partial charge in [-0.15, -0.1) is 0 Å². The lowest BCUT2D eigenvalue weighted by Gasteiger charge is -2.19. The van der Waals surface area contributed by atoms with Gasteiger partial charge in [0.15, 0.2) is 0 Å². The summed E-state index contributed by atoms with van der Waals surface area (Å²) in [5.74, 6) is 0.782. The van der Waals surface area contributed by atoms with Crippen molar-refractivity contribution in [1.29, 1.82) is 0 Å². The van der Waals surface area contributed by atoms with E-state index in [0.29, 0.717) is 0 Å². The Balaban J connectivity index is 2.27. The maximum atomic E-state index is 6.37. The minimum Gasteiger partial charge on any atom is -0.497 e. The Hall–Kier alpha value is -1.51. The molecule has 2 rings (SSSR count). The molecule has 1 atom stereocenters. The quantitative estimate of drug-likeness (QED) is 0.892. The zero-order chi connectivity index (χ0) is 14.5. The number of hydrogen-bond donors (Lipinski definition) is 1. The van der Waals surface area contributed by atoms with Crippen molar-refractivity contribution in [1.82, 2.24) is 5.32 Å². The van der Waals surface area contributed by atoms with E-state index in [1.165, 1.54) is 11.1 Å². The Morgan fingerprint density at radius 2 is 1.95 bits per heavy atom. The molecule has 0 heterocycles. The van der Waals surface area contributed by atoms with Gasteiger partial charge in [0, 0.05) is 11.1 Å². The summed E-state index contributed by atoms with van der Waals surface area (Å²) in [4.78, 5) is 0. The molecule has 0 amide bonds. The summed E-state index contributed by atoms with van der Waals surface area (Å²) in [7, 11) is 3.61. The predicted octanol–water partition coefficient (Wildman–Crippen LogP) is 4.16. The van der Waals surface area contributed by atoms with Gasteiger partial charge in [0.1, 0.15) is 5.75 Å². The molecule has 2 nitrogen and oxygen atoms in total. The van der Waals surface area contributed by atoms with Crippen LogP contribution in [0.15, 0.2) is 42.5 Å². The molecule has 0 spiro atoms. The minimum absolute atomic E-state index is 0.189. The van der Waals surface area contributed by atoms with Crippen LogP contribution in [0.2, 0.25) is 5.02 Å². The molecule has 3 heteroatoms.